The van der Waals surface area contributed by atoms with Gasteiger partial charge in [-0.15, -0.1) is 0 Å². The topological polar surface area (TPSA) is 119 Å². The number of anilines is 1. The largest absolute Gasteiger partial charge is 0.493 e. The fourth-order valence-electron chi connectivity index (χ4n) is 3.77. The van der Waals surface area contributed by atoms with Gasteiger partial charge in [0.2, 0.25) is 11.8 Å². The number of piperidine rings is 1. The maximum absolute atomic E-state index is 13.6. The number of likely N-dealkylation sites (tertiary alicyclic amines) is 1. The summed E-state index contributed by atoms with van der Waals surface area (Å²) < 4.78 is 38.8. The second kappa shape index (κ2) is 10.1. The zero-order valence-corrected chi connectivity index (χ0v) is 19.8. The SMILES string of the molecule is COc1ccc(N(CC(=O)N2CCC(C(N)=O)CC2)S(=O)(=O)c2ccc(C)cc2)cc1OC. The molecule has 0 atom stereocenters. The van der Waals surface area contributed by atoms with E-state index in [0.29, 0.717) is 37.4 Å². The van der Waals surface area contributed by atoms with Gasteiger partial charge in [-0.25, -0.2) is 8.42 Å². The van der Waals surface area contributed by atoms with Gasteiger partial charge < -0.3 is 20.1 Å². The summed E-state index contributed by atoms with van der Waals surface area (Å²) in [6.45, 7) is 2.16. The standard InChI is InChI=1S/C23H29N3O6S/c1-16-4-7-19(8-5-16)33(29,30)26(18-6-9-20(31-2)21(14-18)32-3)15-22(27)25-12-10-17(11-13-25)23(24)28/h4-9,14,17H,10-13,15H2,1-3H3,(H2,24,28). The Labute approximate surface area is 194 Å². The van der Waals surface area contributed by atoms with E-state index in [2.05, 4.69) is 0 Å². The summed E-state index contributed by atoms with van der Waals surface area (Å²) >= 11 is 0. The number of ether oxygens (including phenoxy) is 2. The average molecular weight is 476 g/mol. The molecule has 0 unspecified atom stereocenters. The van der Waals surface area contributed by atoms with Crippen LogP contribution >= 0.6 is 0 Å². The minimum atomic E-state index is -4.06. The van der Waals surface area contributed by atoms with Gasteiger partial charge in [-0.2, -0.15) is 0 Å². The number of hydrogen-bond acceptors (Lipinski definition) is 6. The van der Waals surface area contributed by atoms with Crippen molar-refractivity contribution >= 4 is 27.5 Å². The first kappa shape index (κ1) is 24.4. The van der Waals surface area contributed by atoms with E-state index in [4.69, 9.17) is 15.2 Å². The van der Waals surface area contributed by atoms with Gasteiger partial charge in [0.1, 0.15) is 6.54 Å². The Kier molecular flexibility index (Phi) is 7.47. The van der Waals surface area contributed by atoms with Crippen LogP contribution in [0.2, 0.25) is 0 Å². The molecule has 0 bridgehead atoms. The van der Waals surface area contributed by atoms with Crippen LogP contribution in [0.1, 0.15) is 18.4 Å². The van der Waals surface area contributed by atoms with Gasteiger partial charge in [-0.1, -0.05) is 17.7 Å². The van der Waals surface area contributed by atoms with Crippen molar-refractivity contribution in [3.05, 3.63) is 48.0 Å². The summed E-state index contributed by atoms with van der Waals surface area (Å²) in [5, 5.41) is 0. The third-order valence-corrected chi connectivity index (χ3v) is 7.58. The maximum atomic E-state index is 13.6. The summed E-state index contributed by atoms with van der Waals surface area (Å²) in [4.78, 5) is 26.2. The third kappa shape index (κ3) is 5.39. The Morgan fingerprint density at radius 3 is 2.18 bits per heavy atom. The lowest BCUT2D eigenvalue weighted by atomic mass is 9.96. The van der Waals surface area contributed by atoms with Crippen molar-refractivity contribution in [3.63, 3.8) is 0 Å². The van der Waals surface area contributed by atoms with Crippen molar-refractivity contribution in [2.75, 3.05) is 38.2 Å². The zero-order chi connectivity index (χ0) is 24.2. The number of nitrogens with zero attached hydrogens (tertiary/aromatic N) is 2. The number of amides is 2. The molecule has 0 radical (unpaired) electrons. The van der Waals surface area contributed by atoms with Crippen molar-refractivity contribution in [3.8, 4) is 11.5 Å². The lowest BCUT2D eigenvalue weighted by Gasteiger charge is -2.33. The van der Waals surface area contributed by atoms with Crippen molar-refractivity contribution in [1.82, 2.24) is 4.90 Å². The molecule has 1 fully saturated rings. The average Bonchev–Trinajstić information content (AvgIpc) is 2.82. The van der Waals surface area contributed by atoms with Crippen LogP contribution in [0.25, 0.3) is 0 Å². The van der Waals surface area contributed by atoms with Crippen molar-refractivity contribution in [2.24, 2.45) is 11.7 Å². The lowest BCUT2D eigenvalue weighted by molar-refractivity contribution is -0.133. The number of hydrogen-bond donors (Lipinski definition) is 1. The normalized spacial score (nSPS) is 14.6. The molecule has 1 aliphatic heterocycles. The lowest BCUT2D eigenvalue weighted by Crippen LogP contribution is -2.47. The smallest absolute Gasteiger partial charge is 0.264 e. The van der Waals surface area contributed by atoms with Crippen LogP contribution < -0.4 is 19.5 Å². The van der Waals surface area contributed by atoms with Crippen LogP contribution in [-0.4, -0.2) is 59.0 Å². The molecule has 1 heterocycles. The van der Waals surface area contributed by atoms with Gasteiger partial charge in [0.25, 0.3) is 10.0 Å². The van der Waals surface area contributed by atoms with Crippen molar-refractivity contribution in [2.45, 2.75) is 24.7 Å². The molecule has 0 saturated carbocycles. The number of primary amides is 1. The Morgan fingerprint density at radius 1 is 1.03 bits per heavy atom. The van der Waals surface area contributed by atoms with Crippen molar-refractivity contribution < 1.29 is 27.5 Å². The number of sulfonamides is 1. The fraction of sp³-hybridized carbons (Fsp3) is 0.391. The van der Waals surface area contributed by atoms with Gasteiger partial charge in [0, 0.05) is 25.1 Å². The summed E-state index contributed by atoms with van der Waals surface area (Å²) in [5.41, 5.74) is 6.57. The van der Waals surface area contributed by atoms with Crippen LogP contribution in [0.3, 0.4) is 0 Å². The summed E-state index contributed by atoms with van der Waals surface area (Å²) in [5.74, 6) is -0.228. The second-order valence-corrected chi connectivity index (χ2v) is 9.78. The van der Waals surface area contributed by atoms with Crippen LogP contribution in [0, 0.1) is 12.8 Å². The molecule has 2 aromatic carbocycles. The molecule has 2 aromatic rings. The minimum Gasteiger partial charge on any atom is -0.493 e. The summed E-state index contributed by atoms with van der Waals surface area (Å²) in [6.07, 6.45) is 0.921. The number of carbonyl (C=O) groups excluding carboxylic acids is 2. The van der Waals surface area contributed by atoms with Gasteiger partial charge >= 0.3 is 0 Å². The first-order valence-corrected chi connectivity index (χ1v) is 12.0. The number of methoxy groups -OCH3 is 2. The van der Waals surface area contributed by atoms with Crippen molar-refractivity contribution in [1.29, 1.82) is 0 Å². The summed E-state index contributed by atoms with van der Waals surface area (Å²) in [7, 11) is -1.12. The van der Waals surface area contributed by atoms with E-state index in [1.165, 1.54) is 32.4 Å². The van der Waals surface area contributed by atoms with E-state index in [1.54, 1.807) is 29.2 Å². The number of benzene rings is 2. The van der Waals surface area contributed by atoms with Gasteiger partial charge in [0.05, 0.1) is 24.8 Å². The molecule has 0 aliphatic carbocycles. The second-order valence-electron chi connectivity index (χ2n) is 7.92. The van der Waals surface area contributed by atoms with Crippen LogP contribution in [0.15, 0.2) is 47.4 Å². The quantitative estimate of drug-likeness (QED) is 0.623. The van der Waals surface area contributed by atoms with Gasteiger partial charge in [-0.3, -0.25) is 13.9 Å². The van der Waals surface area contributed by atoms with E-state index in [-0.39, 0.29) is 28.3 Å². The van der Waals surface area contributed by atoms with E-state index in [9.17, 15) is 18.0 Å². The highest BCUT2D eigenvalue weighted by molar-refractivity contribution is 7.92. The Balaban J connectivity index is 1.95. The minimum absolute atomic E-state index is 0.0723. The van der Waals surface area contributed by atoms with Crippen LogP contribution in [0.5, 0.6) is 11.5 Å². The first-order valence-electron chi connectivity index (χ1n) is 10.6. The molecule has 0 aromatic heterocycles. The molecule has 33 heavy (non-hydrogen) atoms. The highest BCUT2D eigenvalue weighted by Gasteiger charge is 2.32. The third-order valence-electron chi connectivity index (χ3n) is 5.79. The number of nitrogens with two attached hydrogens (primary N) is 1. The monoisotopic (exact) mass is 475 g/mol. The van der Waals surface area contributed by atoms with E-state index >= 15 is 0 Å². The Hall–Kier alpha value is -3.27. The first-order chi connectivity index (χ1) is 15.7. The summed E-state index contributed by atoms with van der Waals surface area (Å²) in [6, 6.07) is 11.1. The Bertz CT molecular complexity index is 1110. The molecule has 10 heteroatoms. The number of carbonyl (C=O) groups is 2. The molecule has 178 valence electrons. The molecule has 3 rings (SSSR count). The van der Waals surface area contributed by atoms with Gasteiger partial charge in [-0.05, 0) is 44.0 Å². The predicted molar refractivity (Wildman–Crippen MR) is 124 cm³/mol. The molecule has 0 spiro atoms. The molecule has 2 N–H and O–H groups in total. The zero-order valence-electron chi connectivity index (χ0n) is 19.0. The fourth-order valence-corrected chi connectivity index (χ4v) is 5.17. The molecule has 1 aliphatic rings. The van der Waals surface area contributed by atoms with Crippen LogP contribution in [-0.2, 0) is 19.6 Å². The molecular weight excluding hydrogens is 446 g/mol. The van der Waals surface area contributed by atoms with E-state index in [0.717, 1.165) is 9.87 Å². The highest BCUT2D eigenvalue weighted by Crippen LogP contribution is 2.34. The molecular formula is C23H29N3O6S. The maximum Gasteiger partial charge on any atom is 0.264 e. The molecule has 2 amide bonds. The van der Waals surface area contributed by atoms with E-state index < -0.39 is 16.6 Å². The Morgan fingerprint density at radius 2 is 1.64 bits per heavy atom. The van der Waals surface area contributed by atoms with Gasteiger partial charge in [0.15, 0.2) is 11.5 Å². The van der Waals surface area contributed by atoms with E-state index in [1.807, 2.05) is 6.92 Å². The highest BCUT2D eigenvalue weighted by atomic mass is 32.2. The predicted octanol–water partition coefficient (Wildman–Crippen LogP) is 1.93. The van der Waals surface area contributed by atoms with Crippen LogP contribution in [0.4, 0.5) is 5.69 Å². The molecule has 9 nitrogen and oxygen atoms in total. The molecule has 1 saturated heterocycles. The number of rotatable bonds is 8. The number of aryl methyl sites for hydroxylation is 1.